The summed E-state index contributed by atoms with van der Waals surface area (Å²) >= 11 is 0. The number of carboxylic acids is 1. The lowest BCUT2D eigenvalue weighted by Crippen LogP contribution is -2.71. The maximum Gasteiger partial charge on any atom is 0.364 e. The largest absolute Gasteiger partial charge is 0.477 e. The molecule has 0 aliphatic carbocycles. The second kappa shape index (κ2) is 27.1. The molecule has 31 atom stereocenters. The fourth-order valence-corrected chi connectivity index (χ4v) is 9.83. The first-order valence-electron chi connectivity index (χ1n) is 24.6. The van der Waals surface area contributed by atoms with E-state index in [4.69, 9.17) is 52.1 Å². The summed E-state index contributed by atoms with van der Waals surface area (Å²) in [6, 6.07) is -3.69. The summed E-state index contributed by atoms with van der Waals surface area (Å²) in [5.41, 5.74) is 0. The Hall–Kier alpha value is -2.75. The van der Waals surface area contributed by atoms with E-state index in [-0.39, 0.29) is 0 Å². The van der Waals surface area contributed by atoms with Crippen molar-refractivity contribution in [2.75, 3.05) is 33.0 Å². The topological polar surface area (TPSA) is 561 Å². The van der Waals surface area contributed by atoms with Gasteiger partial charge in [0, 0.05) is 20.3 Å². The predicted molar refractivity (Wildman–Crippen MR) is 238 cm³/mol. The molecule has 452 valence electrons. The van der Waals surface area contributed by atoms with Gasteiger partial charge in [0.1, 0.15) is 134 Å². The number of carbonyl (C=O) groups is 3. The first-order chi connectivity index (χ1) is 36.6. The molecule has 0 aromatic heterocycles. The van der Waals surface area contributed by atoms with E-state index in [1.54, 1.807) is 0 Å². The third kappa shape index (κ3) is 13.7. The quantitative estimate of drug-likeness (QED) is 0.0538. The average molecular weight is 1150 g/mol. The number of aliphatic hydroxyl groups excluding tert-OH is 18. The lowest BCUT2D eigenvalue weighted by molar-refractivity contribution is -0.392. The molecule has 6 aliphatic rings. The second-order valence-electron chi connectivity index (χ2n) is 19.7. The van der Waals surface area contributed by atoms with Gasteiger partial charge in [0.15, 0.2) is 31.5 Å². The van der Waals surface area contributed by atoms with Crippen LogP contribution in [-0.4, -0.2) is 338 Å². The highest BCUT2D eigenvalue weighted by atomic mass is 16.8. The number of hydrogen-bond donors (Lipinski definition) is 21. The van der Waals surface area contributed by atoms with Gasteiger partial charge < -0.3 is 160 Å². The zero-order chi connectivity index (χ0) is 58.0. The summed E-state index contributed by atoms with van der Waals surface area (Å²) in [6.07, 6.45) is -57.9. The van der Waals surface area contributed by atoms with Crippen LogP contribution in [0.3, 0.4) is 0 Å². The molecule has 0 unspecified atom stereocenters. The summed E-state index contributed by atoms with van der Waals surface area (Å²) in [5, 5.41) is 209. The molecule has 35 heteroatoms. The molecule has 0 radical (unpaired) electrons. The van der Waals surface area contributed by atoms with E-state index in [9.17, 15) is 111 Å². The Morgan fingerprint density at radius 3 is 1.64 bits per heavy atom. The second-order valence-corrected chi connectivity index (χ2v) is 19.7. The van der Waals surface area contributed by atoms with Crippen molar-refractivity contribution < 1.29 is 164 Å². The average Bonchev–Trinajstić information content (AvgIpc) is 3.40. The van der Waals surface area contributed by atoms with Gasteiger partial charge in [0.2, 0.25) is 11.8 Å². The van der Waals surface area contributed by atoms with Gasteiger partial charge in [0.05, 0.1) is 51.3 Å². The van der Waals surface area contributed by atoms with Gasteiger partial charge in [-0.2, -0.15) is 0 Å². The number of amides is 2. The molecule has 6 saturated heterocycles. The minimum atomic E-state index is -3.13. The normalized spacial score (nSPS) is 48.1. The van der Waals surface area contributed by atoms with Crippen LogP contribution in [0.25, 0.3) is 0 Å². The molecule has 0 aromatic carbocycles. The van der Waals surface area contributed by atoms with Gasteiger partial charge in [-0.05, 0) is 6.92 Å². The maximum atomic E-state index is 13.2. The Kier molecular flexibility index (Phi) is 22.4. The van der Waals surface area contributed by atoms with Crippen LogP contribution in [0.15, 0.2) is 0 Å². The zero-order valence-electron chi connectivity index (χ0n) is 41.8. The molecule has 78 heavy (non-hydrogen) atoms. The number of ether oxygens (including phenoxy) is 11. The Labute approximate surface area is 441 Å². The van der Waals surface area contributed by atoms with Gasteiger partial charge in [-0.25, -0.2) is 4.79 Å². The minimum Gasteiger partial charge on any atom is -0.477 e. The first kappa shape index (κ1) is 64.4. The number of aliphatic hydroxyl groups is 18. The van der Waals surface area contributed by atoms with Crippen LogP contribution in [0, 0.1) is 0 Å². The van der Waals surface area contributed by atoms with E-state index in [1.807, 2.05) is 0 Å². The van der Waals surface area contributed by atoms with Crippen molar-refractivity contribution in [1.82, 2.24) is 10.6 Å². The van der Waals surface area contributed by atoms with Crippen LogP contribution in [-0.2, 0) is 66.5 Å². The van der Waals surface area contributed by atoms with Crippen molar-refractivity contribution >= 4 is 17.8 Å². The lowest BCUT2D eigenvalue weighted by atomic mass is 9.88. The number of aliphatic carboxylic acids is 1. The van der Waals surface area contributed by atoms with Crippen LogP contribution >= 0.6 is 0 Å². The van der Waals surface area contributed by atoms with Crippen molar-refractivity contribution in [3.63, 3.8) is 0 Å². The molecule has 6 rings (SSSR count). The highest BCUT2D eigenvalue weighted by Gasteiger charge is 2.60. The number of rotatable bonds is 20. The van der Waals surface area contributed by atoms with Gasteiger partial charge in [0.25, 0.3) is 5.79 Å². The summed E-state index contributed by atoms with van der Waals surface area (Å²) in [4.78, 5) is 38.4. The smallest absolute Gasteiger partial charge is 0.364 e. The van der Waals surface area contributed by atoms with E-state index in [2.05, 4.69) is 10.6 Å². The highest BCUT2D eigenvalue weighted by Crippen LogP contribution is 2.39. The molecule has 0 spiro atoms. The standard InChI is InChI=1S/C43H72N2O33/c1-10-21(54)26(59)30(63)39(69-10)77-36-27(60)23(56)15(6-47)72-41(36)75-33-20(45-12(3)51)38(76-35-24(57)16(7-48)71-40(31(35)64)74-32-17(8-49)70-37(65)29(62)28(32)61)73-18(25(33)58)9-68-43(42(66)67)4-13(52)19(44-11(2)50)34(78-43)22(55)14(53)5-46/h10,13-41,46-49,52-65H,4-9H2,1-3H3,(H,44,50)(H,45,51)(H,66,67)/t10-,13-,14+,15+,16+,17+,18+,19+,20+,21+,22+,23-,24-,25+,26+,27-,28+,29+,30-,31+,32+,33+,34+,35-,36+,37-,38-,39-,40-,41-,43+/m0/s1. The lowest BCUT2D eigenvalue weighted by Gasteiger charge is -2.51. The van der Waals surface area contributed by atoms with Crippen molar-refractivity contribution in [1.29, 1.82) is 0 Å². The third-order valence-corrected chi connectivity index (χ3v) is 14.2. The van der Waals surface area contributed by atoms with Crippen molar-refractivity contribution in [3.05, 3.63) is 0 Å². The van der Waals surface area contributed by atoms with Crippen LogP contribution in [0.5, 0.6) is 0 Å². The van der Waals surface area contributed by atoms with E-state index in [0.29, 0.717) is 0 Å². The molecular weight excluding hydrogens is 1070 g/mol. The minimum absolute atomic E-state index is 0.835. The van der Waals surface area contributed by atoms with Crippen molar-refractivity contribution in [2.24, 2.45) is 0 Å². The molecular formula is C43H72N2O33. The zero-order valence-corrected chi connectivity index (χ0v) is 41.8. The van der Waals surface area contributed by atoms with Crippen molar-refractivity contribution in [2.45, 2.75) is 217 Å². The van der Waals surface area contributed by atoms with E-state index >= 15 is 0 Å². The first-order valence-corrected chi connectivity index (χ1v) is 24.6. The molecule has 0 bridgehead atoms. The molecule has 35 nitrogen and oxygen atoms in total. The van der Waals surface area contributed by atoms with E-state index in [0.717, 1.165) is 13.8 Å². The summed E-state index contributed by atoms with van der Waals surface area (Å²) < 4.78 is 63.3. The molecule has 6 aliphatic heterocycles. The molecule has 6 fully saturated rings. The summed E-state index contributed by atoms with van der Waals surface area (Å²) in [6.45, 7) is -2.36. The Morgan fingerprint density at radius 1 is 0.538 bits per heavy atom. The predicted octanol–water partition coefficient (Wildman–Crippen LogP) is -13.6. The van der Waals surface area contributed by atoms with Crippen LogP contribution in [0.1, 0.15) is 27.2 Å². The number of carbonyl (C=O) groups excluding carboxylic acids is 2. The number of hydrogen-bond acceptors (Lipinski definition) is 32. The monoisotopic (exact) mass is 1140 g/mol. The third-order valence-electron chi connectivity index (χ3n) is 14.2. The van der Waals surface area contributed by atoms with E-state index in [1.165, 1.54) is 6.92 Å². The Balaban J connectivity index is 1.41. The fourth-order valence-electron chi connectivity index (χ4n) is 9.83. The molecule has 6 heterocycles. The molecule has 0 saturated carbocycles. The number of nitrogens with one attached hydrogen (secondary N) is 2. The van der Waals surface area contributed by atoms with Crippen molar-refractivity contribution in [3.8, 4) is 0 Å². The van der Waals surface area contributed by atoms with Crippen LogP contribution < -0.4 is 10.6 Å². The summed E-state index contributed by atoms with van der Waals surface area (Å²) in [5.74, 6) is -7.01. The molecule has 2 amide bonds. The van der Waals surface area contributed by atoms with Gasteiger partial charge in [-0.3, -0.25) is 9.59 Å². The summed E-state index contributed by atoms with van der Waals surface area (Å²) in [7, 11) is 0. The highest BCUT2D eigenvalue weighted by molar-refractivity contribution is 5.76. The van der Waals surface area contributed by atoms with Crippen LogP contribution in [0.2, 0.25) is 0 Å². The molecule has 0 aromatic rings. The van der Waals surface area contributed by atoms with Gasteiger partial charge in [-0.1, -0.05) is 0 Å². The Morgan fingerprint density at radius 2 is 1.05 bits per heavy atom. The SMILES string of the molecule is CC(=O)N[C@H]1[C@H](O[C@H]2[C@@H](O)[C@@H](CO)O[C@@H](O[C@H]3[C@H](O)[C@@H](O)[C@@H](O)O[C@@H]3CO)[C@@H]2O)O[C@H](CO[C@]2(C(=O)O)C[C@H](O)[C@@H](NC(C)=O)[C@H]([C@H](O)[C@H](O)CO)O2)[C@@H](O)[C@@H]1O[C@@H]1O[C@H](CO)[C@H](O)[C@H](O)[C@H]1O[C@@H]1O[C@@H](C)[C@@H](O)[C@@H](O)[C@@H]1O. The van der Waals surface area contributed by atoms with Gasteiger partial charge >= 0.3 is 5.97 Å². The van der Waals surface area contributed by atoms with Crippen LogP contribution in [0.4, 0.5) is 0 Å². The maximum absolute atomic E-state index is 13.2. The van der Waals surface area contributed by atoms with Gasteiger partial charge in [-0.15, -0.1) is 0 Å². The molecule has 21 N–H and O–H groups in total. The fraction of sp³-hybridized carbons (Fsp3) is 0.930. The number of carboxylic acid groups (broad SMARTS) is 1. The van der Waals surface area contributed by atoms with E-state index < -0.39 is 247 Å². The Bertz CT molecular complexity index is 1950.